The lowest BCUT2D eigenvalue weighted by Crippen LogP contribution is -2.48. The number of para-hydroxylation sites is 1. The molecule has 9 nitrogen and oxygen atoms in total. The molecular weight excluding hydrogens is 470 g/mol. The van der Waals surface area contributed by atoms with E-state index in [0.29, 0.717) is 49.5 Å². The Morgan fingerprint density at radius 1 is 1.00 bits per heavy atom. The molecule has 2 fully saturated rings. The molecule has 2 amide bonds. The van der Waals surface area contributed by atoms with Crippen molar-refractivity contribution in [3.63, 3.8) is 0 Å². The maximum Gasteiger partial charge on any atom is 0.241 e. The summed E-state index contributed by atoms with van der Waals surface area (Å²) in [6.07, 6.45) is 1.74. The first-order valence-electron chi connectivity index (χ1n) is 11.9. The molecule has 0 radical (unpaired) electrons. The van der Waals surface area contributed by atoms with E-state index >= 15 is 0 Å². The number of piperidine rings is 1. The molecular formula is C25H29N3O6S. The maximum absolute atomic E-state index is 13.3. The smallest absolute Gasteiger partial charge is 0.241 e. The van der Waals surface area contributed by atoms with Gasteiger partial charge in [0.1, 0.15) is 0 Å². The van der Waals surface area contributed by atoms with E-state index in [2.05, 4.69) is 5.32 Å². The molecule has 0 aromatic heterocycles. The largest absolute Gasteiger partial charge is 0.454 e. The molecule has 1 unspecified atom stereocenters. The Labute approximate surface area is 204 Å². The lowest BCUT2D eigenvalue weighted by atomic mass is 9.95. The van der Waals surface area contributed by atoms with E-state index in [1.807, 2.05) is 35.2 Å². The van der Waals surface area contributed by atoms with Crippen LogP contribution in [0.25, 0.3) is 0 Å². The van der Waals surface area contributed by atoms with Gasteiger partial charge in [0.2, 0.25) is 18.6 Å². The van der Waals surface area contributed by atoms with Crippen molar-refractivity contribution < 1.29 is 27.5 Å². The van der Waals surface area contributed by atoms with Gasteiger partial charge in [-0.05, 0) is 56.6 Å². The van der Waals surface area contributed by atoms with Crippen molar-refractivity contribution in [1.82, 2.24) is 4.90 Å². The Bertz CT molecular complexity index is 1190. The lowest BCUT2D eigenvalue weighted by Gasteiger charge is -2.34. The Kier molecular flexibility index (Phi) is 6.66. The first-order chi connectivity index (χ1) is 16.9. The fourth-order valence-corrected chi connectivity index (χ4v) is 6.67. The Morgan fingerprint density at radius 3 is 2.46 bits per heavy atom. The summed E-state index contributed by atoms with van der Waals surface area (Å²) >= 11 is 0. The number of carbonyl (C=O) groups excluding carboxylic acids is 2. The molecule has 35 heavy (non-hydrogen) atoms. The van der Waals surface area contributed by atoms with E-state index in [1.54, 1.807) is 23.1 Å². The molecule has 3 heterocycles. The summed E-state index contributed by atoms with van der Waals surface area (Å²) in [6, 6.07) is 14.2. The minimum absolute atomic E-state index is 0.00423. The summed E-state index contributed by atoms with van der Waals surface area (Å²) in [5.41, 5.74) is 1.39. The van der Waals surface area contributed by atoms with Crippen LogP contribution in [0.3, 0.4) is 0 Å². The summed E-state index contributed by atoms with van der Waals surface area (Å²) in [5.74, 6) is 1.10. The third-order valence-electron chi connectivity index (χ3n) is 6.83. The molecule has 10 heteroatoms. The highest BCUT2D eigenvalue weighted by molar-refractivity contribution is 7.91. The van der Waals surface area contributed by atoms with E-state index in [1.165, 1.54) is 0 Å². The number of hydrogen-bond donors (Lipinski definition) is 1. The quantitative estimate of drug-likeness (QED) is 0.650. The standard InChI is InChI=1S/C25H29N3O6S/c29-24(28(20-4-2-1-3-5-20)21-10-13-35(31,32)16-21)15-27-11-8-18(9-12-27)25(30)26-19-6-7-22-23(14-19)34-17-33-22/h1-7,14,18,21H,8-13,15-17H2,(H,26,30). The molecule has 1 N–H and O–H groups in total. The van der Waals surface area contributed by atoms with Gasteiger partial charge in [-0.25, -0.2) is 8.42 Å². The number of fused-ring (bicyclic) bond motifs is 1. The zero-order valence-electron chi connectivity index (χ0n) is 19.4. The Balaban J connectivity index is 1.17. The fraction of sp³-hybridized carbons (Fsp3) is 0.440. The van der Waals surface area contributed by atoms with Gasteiger partial charge in [-0.15, -0.1) is 0 Å². The van der Waals surface area contributed by atoms with Crippen LogP contribution in [-0.2, 0) is 19.4 Å². The highest BCUT2D eigenvalue weighted by atomic mass is 32.2. The minimum Gasteiger partial charge on any atom is -0.454 e. The second-order valence-corrected chi connectivity index (χ2v) is 11.5. The van der Waals surface area contributed by atoms with E-state index in [0.717, 1.165) is 5.69 Å². The molecule has 5 rings (SSSR count). The number of carbonyl (C=O) groups is 2. The highest BCUT2D eigenvalue weighted by Crippen LogP contribution is 2.34. The third-order valence-corrected chi connectivity index (χ3v) is 8.58. The predicted octanol–water partition coefficient (Wildman–Crippen LogP) is 2.29. The van der Waals surface area contributed by atoms with Crippen molar-refractivity contribution in [3.05, 3.63) is 48.5 Å². The predicted molar refractivity (Wildman–Crippen MR) is 131 cm³/mol. The number of amides is 2. The number of nitrogens with zero attached hydrogens (tertiary/aromatic N) is 2. The average molecular weight is 500 g/mol. The van der Waals surface area contributed by atoms with Gasteiger partial charge in [0, 0.05) is 23.4 Å². The molecule has 2 aromatic carbocycles. The number of hydrogen-bond acceptors (Lipinski definition) is 7. The first kappa shape index (κ1) is 23.6. The number of benzene rings is 2. The number of rotatable bonds is 6. The Morgan fingerprint density at radius 2 is 1.74 bits per heavy atom. The topological polar surface area (TPSA) is 105 Å². The van der Waals surface area contributed by atoms with Crippen LogP contribution in [0.5, 0.6) is 11.5 Å². The van der Waals surface area contributed by atoms with Gasteiger partial charge in [0.15, 0.2) is 21.3 Å². The van der Waals surface area contributed by atoms with Gasteiger partial charge in [-0.1, -0.05) is 18.2 Å². The van der Waals surface area contributed by atoms with Crippen LogP contribution >= 0.6 is 0 Å². The second kappa shape index (κ2) is 9.87. The summed E-state index contributed by atoms with van der Waals surface area (Å²) in [6.45, 7) is 1.62. The molecule has 0 saturated carbocycles. The van der Waals surface area contributed by atoms with Crippen molar-refractivity contribution in [3.8, 4) is 11.5 Å². The van der Waals surface area contributed by atoms with E-state index in [9.17, 15) is 18.0 Å². The lowest BCUT2D eigenvalue weighted by molar-refractivity contribution is -0.122. The molecule has 2 saturated heterocycles. The van der Waals surface area contributed by atoms with Crippen molar-refractivity contribution in [2.45, 2.75) is 25.3 Å². The minimum atomic E-state index is -3.13. The number of ether oxygens (including phenoxy) is 2. The van der Waals surface area contributed by atoms with Gasteiger partial charge in [-0.2, -0.15) is 0 Å². The summed E-state index contributed by atoms with van der Waals surface area (Å²) in [7, 11) is -3.13. The van der Waals surface area contributed by atoms with Crippen LogP contribution in [0.15, 0.2) is 48.5 Å². The summed E-state index contributed by atoms with van der Waals surface area (Å²) in [5, 5.41) is 2.96. The summed E-state index contributed by atoms with van der Waals surface area (Å²) < 4.78 is 34.8. The van der Waals surface area contributed by atoms with Gasteiger partial charge in [0.25, 0.3) is 0 Å². The number of nitrogens with one attached hydrogen (secondary N) is 1. The highest BCUT2D eigenvalue weighted by Gasteiger charge is 2.36. The van der Waals surface area contributed by atoms with Crippen LogP contribution in [0, 0.1) is 5.92 Å². The van der Waals surface area contributed by atoms with E-state index in [4.69, 9.17) is 9.47 Å². The van der Waals surface area contributed by atoms with Gasteiger partial charge < -0.3 is 19.7 Å². The van der Waals surface area contributed by atoms with E-state index in [-0.39, 0.29) is 48.6 Å². The van der Waals surface area contributed by atoms with E-state index < -0.39 is 9.84 Å². The normalized spacial score (nSPS) is 21.5. The second-order valence-electron chi connectivity index (χ2n) is 9.26. The Hall–Kier alpha value is -3.11. The zero-order chi connectivity index (χ0) is 24.4. The van der Waals surface area contributed by atoms with Gasteiger partial charge >= 0.3 is 0 Å². The molecule has 1 atom stereocenters. The summed E-state index contributed by atoms with van der Waals surface area (Å²) in [4.78, 5) is 29.8. The molecule has 3 aliphatic rings. The van der Waals surface area contributed by atoms with Crippen LogP contribution in [0.4, 0.5) is 11.4 Å². The van der Waals surface area contributed by atoms with Gasteiger partial charge in [0.05, 0.1) is 24.1 Å². The monoisotopic (exact) mass is 499 g/mol. The number of likely N-dealkylation sites (tertiary alicyclic amines) is 1. The molecule has 186 valence electrons. The van der Waals surface area contributed by atoms with Crippen molar-refractivity contribution >= 4 is 33.0 Å². The molecule has 0 aliphatic carbocycles. The third kappa shape index (κ3) is 5.43. The molecule has 3 aliphatic heterocycles. The maximum atomic E-state index is 13.3. The number of anilines is 2. The van der Waals surface area contributed by atoms with Crippen molar-refractivity contribution in [2.75, 3.05) is 48.1 Å². The van der Waals surface area contributed by atoms with Crippen LogP contribution < -0.4 is 19.7 Å². The molecule has 0 bridgehead atoms. The van der Waals surface area contributed by atoms with Crippen LogP contribution in [0.1, 0.15) is 19.3 Å². The average Bonchev–Trinajstić information content (AvgIpc) is 3.46. The first-order valence-corrected chi connectivity index (χ1v) is 13.7. The number of sulfone groups is 1. The van der Waals surface area contributed by atoms with Crippen LogP contribution in [-0.4, -0.2) is 69.1 Å². The van der Waals surface area contributed by atoms with Crippen molar-refractivity contribution in [2.24, 2.45) is 5.92 Å². The zero-order valence-corrected chi connectivity index (χ0v) is 20.2. The van der Waals surface area contributed by atoms with Gasteiger partial charge in [-0.3, -0.25) is 14.5 Å². The SMILES string of the molecule is O=C(Nc1ccc2c(c1)OCO2)C1CCN(CC(=O)N(c2ccccc2)C2CCS(=O)(=O)C2)CC1. The van der Waals surface area contributed by atoms with Crippen LogP contribution in [0.2, 0.25) is 0 Å². The molecule has 0 spiro atoms. The van der Waals surface area contributed by atoms with Crippen molar-refractivity contribution in [1.29, 1.82) is 0 Å². The molecule has 2 aromatic rings. The fourth-order valence-electron chi connectivity index (χ4n) is 4.97.